The van der Waals surface area contributed by atoms with Gasteiger partial charge in [-0.3, -0.25) is 9.59 Å². The maximum atomic E-state index is 13.3. The zero-order valence-electron chi connectivity index (χ0n) is 19.1. The zero-order chi connectivity index (χ0) is 23.6. The second-order valence-corrected chi connectivity index (χ2v) is 10.2. The first-order valence-corrected chi connectivity index (χ1v) is 13.5. The van der Waals surface area contributed by atoms with Crippen LogP contribution < -0.4 is 5.32 Å². The van der Waals surface area contributed by atoms with Gasteiger partial charge < -0.3 is 10.2 Å². The van der Waals surface area contributed by atoms with Crippen LogP contribution in [0.4, 0.5) is 0 Å². The van der Waals surface area contributed by atoms with Crippen molar-refractivity contribution >= 4 is 46.8 Å². The molecule has 2 aromatic carbocycles. The van der Waals surface area contributed by atoms with Crippen molar-refractivity contribution in [1.82, 2.24) is 10.2 Å². The van der Waals surface area contributed by atoms with E-state index in [0.717, 1.165) is 36.8 Å². The number of carbonyl (C=O) groups excluding carboxylic acids is 2. The van der Waals surface area contributed by atoms with Crippen molar-refractivity contribution in [3.05, 3.63) is 69.7 Å². The summed E-state index contributed by atoms with van der Waals surface area (Å²) in [6.07, 6.45) is 5.64. The molecule has 178 valence electrons. The number of carbonyl (C=O) groups is 2. The van der Waals surface area contributed by atoms with Gasteiger partial charge in [0.25, 0.3) is 0 Å². The Balaban J connectivity index is 1.67. The molecule has 1 saturated carbocycles. The van der Waals surface area contributed by atoms with Crippen LogP contribution in [0.15, 0.2) is 48.5 Å². The molecule has 0 aliphatic heterocycles. The molecule has 4 nitrogen and oxygen atoms in total. The highest BCUT2D eigenvalue weighted by Crippen LogP contribution is 2.28. The number of halogens is 2. The van der Waals surface area contributed by atoms with E-state index in [9.17, 15) is 9.59 Å². The first kappa shape index (κ1) is 25.9. The molecule has 33 heavy (non-hydrogen) atoms. The van der Waals surface area contributed by atoms with E-state index in [-0.39, 0.29) is 23.6 Å². The molecule has 0 spiro atoms. The molecular weight excluding hydrogens is 475 g/mol. The third-order valence-electron chi connectivity index (χ3n) is 6.11. The lowest BCUT2D eigenvalue weighted by Crippen LogP contribution is -2.52. The van der Waals surface area contributed by atoms with Crippen LogP contribution in [0, 0.1) is 0 Å². The molecule has 7 heteroatoms. The largest absolute Gasteiger partial charge is 0.352 e. The van der Waals surface area contributed by atoms with Crippen LogP contribution in [0.2, 0.25) is 10.0 Å². The summed E-state index contributed by atoms with van der Waals surface area (Å²) in [7, 11) is 0. The first-order valence-electron chi connectivity index (χ1n) is 11.6. The van der Waals surface area contributed by atoms with Crippen LogP contribution >= 0.6 is 35.0 Å². The smallest absolute Gasteiger partial charge is 0.243 e. The van der Waals surface area contributed by atoms with Crippen molar-refractivity contribution in [2.24, 2.45) is 0 Å². The maximum absolute atomic E-state index is 13.3. The van der Waals surface area contributed by atoms with Crippen molar-refractivity contribution in [2.75, 3.05) is 12.3 Å². The second-order valence-electron chi connectivity index (χ2n) is 8.43. The molecule has 0 saturated heterocycles. The third-order valence-corrected chi connectivity index (χ3v) is 7.76. The van der Waals surface area contributed by atoms with Gasteiger partial charge in [-0.05, 0) is 48.9 Å². The van der Waals surface area contributed by atoms with Crippen LogP contribution in [0.5, 0.6) is 0 Å². The van der Waals surface area contributed by atoms with E-state index in [2.05, 4.69) is 17.4 Å². The van der Waals surface area contributed by atoms with E-state index in [1.165, 1.54) is 11.8 Å². The van der Waals surface area contributed by atoms with Gasteiger partial charge in [0.05, 0.1) is 5.75 Å². The average Bonchev–Trinajstić information content (AvgIpc) is 3.32. The molecule has 0 bridgehead atoms. The highest BCUT2D eigenvalue weighted by atomic mass is 35.5. The molecular formula is C26H32Cl2N2O2S. The zero-order valence-corrected chi connectivity index (χ0v) is 21.4. The van der Waals surface area contributed by atoms with Crippen LogP contribution in [0.1, 0.15) is 50.2 Å². The Bertz CT molecular complexity index is 900. The van der Waals surface area contributed by atoms with Crippen LogP contribution in [0.25, 0.3) is 0 Å². The molecule has 1 N–H and O–H groups in total. The Kier molecular flexibility index (Phi) is 10.4. The fraction of sp³-hybridized carbons (Fsp3) is 0.462. The van der Waals surface area contributed by atoms with Crippen LogP contribution in [-0.4, -0.2) is 41.1 Å². The number of rotatable bonds is 11. The SMILES string of the molecule is CC[C@@H](C(=O)NC1CCCC1)N(CCc1ccccc1)C(=O)CSCc1c(Cl)cccc1Cl. The minimum absolute atomic E-state index is 0.0347. The molecule has 0 aromatic heterocycles. The molecule has 0 radical (unpaired) electrons. The Morgan fingerprint density at radius 2 is 1.73 bits per heavy atom. The summed E-state index contributed by atoms with van der Waals surface area (Å²) < 4.78 is 0. The third kappa shape index (κ3) is 7.66. The van der Waals surface area contributed by atoms with Gasteiger partial charge >= 0.3 is 0 Å². The summed E-state index contributed by atoms with van der Waals surface area (Å²) in [5, 5.41) is 4.39. The Labute approximate surface area is 211 Å². The van der Waals surface area contributed by atoms with Gasteiger partial charge in [-0.2, -0.15) is 0 Å². The monoisotopic (exact) mass is 506 g/mol. The summed E-state index contributed by atoms with van der Waals surface area (Å²) >= 11 is 14.0. The predicted molar refractivity (Wildman–Crippen MR) is 139 cm³/mol. The molecule has 0 heterocycles. The Hall–Kier alpha value is -1.69. The van der Waals surface area contributed by atoms with Crippen molar-refractivity contribution in [2.45, 2.75) is 63.3 Å². The molecule has 1 atom stereocenters. The standard InChI is InChI=1S/C26H32Cl2N2O2S/c1-2-24(26(32)29-20-11-6-7-12-20)30(16-15-19-9-4-3-5-10-19)25(31)18-33-17-21-22(27)13-8-14-23(21)28/h3-5,8-10,13-14,20,24H,2,6-7,11-12,15-18H2,1H3,(H,29,32)/t24-/m0/s1. The number of hydrogen-bond acceptors (Lipinski definition) is 3. The lowest BCUT2D eigenvalue weighted by atomic mass is 10.1. The maximum Gasteiger partial charge on any atom is 0.243 e. The summed E-state index contributed by atoms with van der Waals surface area (Å²) in [6.45, 7) is 2.48. The molecule has 1 aliphatic rings. The molecule has 3 rings (SSSR count). The molecule has 2 aromatic rings. The van der Waals surface area contributed by atoms with Crippen molar-refractivity contribution < 1.29 is 9.59 Å². The second kappa shape index (κ2) is 13.3. The number of nitrogens with zero attached hydrogens (tertiary/aromatic N) is 1. The van der Waals surface area contributed by atoms with Crippen LogP contribution in [0.3, 0.4) is 0 Å². The van der Waals surface area contributed by atoms with Gasteiger partial charge in [-0.25, -0.2) is 0 Å². The molecule has 0 unspecified atom stereocenters. The topological polar surface area (TPSA) is 49.4 Å². The summed E-state index contributed by atoms with van der Waals surface area (Å²) in [4.78, 5) is 28.2. The minimum atomic E-state index is -0.466. The van der Waals surface area contributed by atoms with Gasteiger partial charge in [0.15, 0.2) is 0 Å². The molecule has 2 amide bonds. The van der Waals surface area contributed by atoms with E-state index in [1.807, 2.05) is 31.2 Å². The number of nitrogens with one attached hydrogen (secondary N) is 1. The van der Waals surface area contributed by atoms with Gasteiger partial charge in [-0.15, -0.1) is 11.8 Å². The number of benzene rings is 2. The number of thioether (sulfide) groups is 1. The van der Waals surface area contributed by atoms with Crippen molar-refractivity contribution in [3.63, 3.8) is 0 Å². The fourth-order valence-electron chi connectivity index (χ4n) is 4.26. The molecule has 1 aliphatic carbocycles. The lowest BCUT2D eigenvalue weighted by Gasteiger charge is -2.31. The predicted octanol–water partition coefficient (Wildman–Crippen LogP) is 6.14. The first-order chi connectivity index (χ1) is 16.0. The Morgan fingerprint density at radius 1 is 1.06 bits per heavy atom. The fourth-order valence-corrected chi connectivity index (χ4v) is 5.90. The minimum Gasteiger partial charge on any atom is -0.352 e. The van der Waals surface area contributed by atoms with Gasteiger partial charge in [0, 0.05) is 28.4 Å². The summed E-state index contributed by atoms with van der Waals surface area (Å²) in [5.41, 5.74) is 1.98. The van der Waals surface area contributed by atoms with E-state index < -0.39 is 6.04 Å². The normalized spacial score (nSPS) is 14.8. The number of amides is 2. The van der Waals surface area contributed by atoms with Crippen molar-refractivity contribution in [3.8, 4) is 0 Å². The van der Waals surface area contributed by atoms with E-state index >= 15 is 0 Å². The van der Waals surface area contributed by atoms with Gasteiger partial charge in [-0.1, -0.05) is 79.4 Å². The lowest BCUT2D eigenvalue weighted by molar-refractivity contribution is -0.139. The summed E-state index contributed by atoms with van der Waals surface area (Å²) in [5.74, 6) is 0.739. The van der Waals surface area contributed by atoms with E-state index in [0.29, 0.717) is 35.2 Å². The van der Waals surface area contributed by atoms with E-state index in [4.69, 9.17) is 23.2 Å². The van der Waals surface area contributed by atoms with Crippen LogP contribution in [-0.2, 0) is 21.8 Å². The Morgan fingerprint density at radius 3 is 2.36 bits per heavy atom. The highest BCUT2D eigenvalue weighted by Gasteiger charge is 2.30. The highest BCUT2D eigenvalue weighted by molar-refractivity contribution is 7.99. The van der Waals surface area contributed by atoms with E-state index in [1.54, 1.807) is 17.0 Å². The molecule has 1 fully saturated rings. The quantitative estimate of drug-likeness (QED) is 0.398. The summed E-state index contributed by atoms with van der Waals surface area (Å²) in [6, 6.07) is 15.3. The van der Waals surface area contributed by atoms with Crippen molar-refractivity contribution in [1.29, 1.82) is 0 Å². The van der Waals surface area contributed by atoms with Gasteiger partial charge in [0.1, 0.15) is 6.04 Å². The van der Waals surface area contributed by atoms with Gasteiger partial charge in [0.2, 0.25) is 11.8 Å². The average molecular weight is 508 g/mol. The number of hydrogen-bond donors (Lipinski definition) is 1.